The minimum atomic E-state index is -0.410. The molecule has 1 aromatic heterocycles. The van der Waals surface area contributed by atoms with Crippen LogP contribution in [-0.2, 0) is 16.1 Å². The van der Waals surface area contributed by atoms with Crippen LogP contribution in [0.4, 0.5) is 0 Å². The van der Waals surface area contributed by atoms with Crippen LogP contribution in [0, 0.1) is 0 Å². The number of nitrogens with one attached hydrogen (secondary N) is 1. The standard InChI is InChI=1S/C16H19ClN4O2/c1-18-16(22)15-11-20(8-9-23-15)10-13-6-7-21(19-13)14-4-2-12(17)3-5-14/h2-7,15H,8-11H2,1H3,(H,18,22). The third-order valence-electron chi connectivity index (χ3n) is 3.81. The van der Waals surface area contributed by atoms with Crippen LogP contribution in [0.3, 0.4) is 0 Å². The Morgan fingerprint density at radius 1 is 1.39 bits per heavy atom. The molecule has 0 bridgehead atoms. The molecule has 1 aliphatic rings. The van der Waals surface area contributed by atoms with Gasteiger partial charge in [0.1, 0.15) is 6.10 Å². The lowest BCUT2D eigenvalue weighted by atomic mass is 10.2. The number of halogens is 1. The van der Waals surface area contributed by atoms with E-state index in [1.54, 1.807) is 7.05 Å². The number of carbonyl (C=O) groups excluding carboxylic acids is 1. The predicted molar refractivity (Wildman–Crippen MR) is 87.7 cm³/mol. The van der Waals surface area contributed by atoms with Crippen LogP contribution in [-0.4, -0.2) is 53.4 Å². The minimum Gasteiger partial charge on any atom is -0.366 e. The quantitative estimate of drug-likeness (QED) is 0.920. The van der Waals surface area contributed by atoms with Gasteiger partial charge in [0, 0.05) is 37.9 Å². The number of aromatic nitrogens is 2. The highest BCUT2D eigenvalue weighted by Crippen LogP contribution is 2.14. The van der Waals surface area contributed by atoms with E-state index >= 15 is 0 Å². The van der Waals surface area contributed by atoms with Gasteiger partial charge in [0.2, 0.25) is 5.91 Å². The average Bonchev–Trinajstić information content (AvgIpc) is 3.03. The van der Waals surface area contributed by atoms with Crippen molar-refractivity contribution in [3.63, 3.8) is 0 Å². The van der Waals surface area contributed by atoms with Gasteiger partial charge in [-0.1, -0.05) is 11.6 Å². The lowest BCUT2D eigenvalue weighted by Gasteiger charge is -2.31. The van der Waals surface area contributed by atoms with Gasteiger partial charge in [-0.05, 0) is 30.3 Å². The van der Waals surface area contributed by atoms with Crippen LogP contribution < -0.4 is 5.32 Å². The summed E-state index contributed by atoms with van der Waals surface area (Å²) in [5.74, 6) is -0.0820. The topological polar surface area (TPSA) is 59.4 Å². The molecule has 1 aliphatic heterocycles. The number of benzene rings is 1. The zero-order chi connectivity index (χ0) is 16.2. The first kappa shape index (κ1) is 16.0. The summed E-state index contributed by atoms with van der Waals surface area (Å²) in [5.41, 5.74) is 1.92. The van der Waals surface area contributed by atoms with E-state index in [-0.39, 0.29) is 5.91 Å². The van der Waals surface area contributed by atoms with E-state index in [1.165, 1.54) is 0 Å². The maximum Gasteiger partial charge on any atom is 0.250 e. The van der Waals surface area contributed by atoms with Gasteiger partial charge in [0.25, 0.3) is 0 Å². The molecule has 7 heteroatoms. The molecular weight excluding hydrogens is 316 g/mol. The Balaban J connectivity index is 1.64. The smallest absolute Gasteiger partial charge is 0.250 e. The van der Waals surface area contributed by atoms with Gasteiger partial charge in [-0.15, -0.1) is 0 Å². The van der Waals surface area contributed by atoms with E-state index in [0.29, 0.717) is 24.7 Å². The van der Waals surface area contributed by atoms with Crippen molar-refractivity contribution in [3.05, 3.63) is 47.2 Å². The maximum atomic E-state index is 11.7. The zero-order valence-corrected chi connectivity index (χ0v) is 13.7. The van der Waals surface area contributed by atoms with Gasteiger partial charge < -0.3 is 10.1 Å². The highest BCUT2D eigenvalue weighted by molar-refractivity contribution is 6.30. The van der Waals surface area contributed by atoms with E-state index in [0.717, 1.165) is 17.9 Å². The van der Waals surface area contributed by atoms with E-state index in [9.17, 15) is 4.79 Å². The molecule has 0 aliphatic carbocycles. The molecule has 2 heterocycles. The number of ether oxygens (including phenoxy) is 1. The monoisotopic (exact) mass is 334 g/mol. The van der Waals surface area contributed by atoms with E-state index < -0.39 is 6.10 Å². The van der Waals surface area contributed by atoms with Crippen LogP contribution in [0.2, 0.25) is 5.02 Å². The van der Waals surface area contributed by atoms with Crippen molar-refractivity contribution in [2.24, 2.45) is 0 Å². The molecule has 1 fully saturated rings. The summed E-state index contributed by atoms with van der Waals surface area (Å²) in [6.07, 6.45) is 1.52. The number of rotatable bonds is 4. The Labute approximate surface area is 140 Å². The molecule has 1 N–H and O–H groups in total. The number of carbonyl (C=O) groups is 1. The highest BCUT2D eigenvalue weighted by Gasteiger charge is 2.26. The van der Waals surface area contributed by atoms with Crippen LogP contribution >= 0.6 is 11.6 Å². The Morgan fingerprint density at radius 3 is 2.91 bits per heavy atom. The summed E-state index contributed by atoms with van der Waals surface area (Å²) in [5, 5.41) is 7.92. The third-order valence-corrected chi connectivity index (χ3v) is 4.06. The number of morpholine rings is 1. The molecule has 122 valence electrons. The predicted octanol–water partition coefficient (Wildman–Crippen LogP) is 1.47. The van der Waals surface area contributed by atoms with Crippen molar-refractivity contribution >= 4 is 17.5 Å². The van der Waals surface area contributed by atoms with Crippen LogP contribution in [0.25, 0.3) is 5.69 Å². The molecular formula is C16H19ClN4O2. The van der Waals surface area contributed by atoms with Gasteiger partial charge in [-0.25, -0.2) is 4.68 Å². The largest absolute Gasteiger partial charge is 0.366 e. The lowest BCUT2D eigenvalue weighted by molar-refractivity contribution is -0.138. The van der Waals surface area contributed by atoms with Gasteiger partial charge >= 0.3 is 0 Å². The van der Waals surface area contributed by atoms with E-state index in [2.05, 4.69) is 15.3 Å². The van der Waals surface area contributed by atoms with Crippen LogP contribution in [0.1, 0.15) is 5.69 Å². The van der Waals surface area contributed by atoms with Gasteiger partial charge in [-0.3, -0.25) is 9.69 Å². The summed E-state index contributed by atoms with van der Waals surface area (Å²) in [7, 11) is 1.62. The Morgan fingerprint density at radius 2 is 2.17 bits per heavy atom. The Kier molecular flexibility index (Phi) is 4.95. The number of nitrogens with zero attached hydrogens (tertiary/aromatic N) is 3. The van der Waals surface area contributed by atoms with Crippen LogP contribution in [0.15, 0.2) is 36.5 Å². The van der Waals surface area contributed by atoms with E-state index in [4.69, 9.17) is 16.3 Å². The Hall–Kier alpha value is -1.89. The zero-order valence-electron chi connectivity index (χ0n) is 12.9. The maximum absolute atomic E-state index is 11.7. The van der Waals surface area contributed by atoms with Crippen molar-refractivity contribution < 1.29 is 9.53 Å². The summed E-state index contributed by atoms with van der Waals surface area (Å²) in [6, 6.07) is 9.52. The minimum absolute atomic E-state index is 0.0820. The highest BCUT2D eigenvalue weighted by atomic mass is 35.5. The van der Waals surface area contributed by atoms with E-state index in [1.807, 2.05) is 41.2 Å². The fraction of sp³-hybridized carbons (Fsp3) is 0.375. The second-order valence-electron chi connectivity index (χ2n) is 5.44. The second-order valence-corrected chi connectivity index (χ2v) is 5.87. The molecule has 1 unspecified atom stereocenters. The molecule has 2 aromatic rings. The van der Waals surface area contributed by atoms with Gasteiger partial charge in [0.15, 0.2) is 0 Å². The van der Waals surface area contributed by atoms with Gasteiger partial charge in [-0.2, -0.15) is 5.10 Å². The first-order valence-electron chi connectivity index (χ1n) is 7.52. The average molecular weight is 335 g/mol. The van der Waals surface area contributed by atoms with Crippen LogP contribution in [0.5, 0.6) is 0 Å². The first-order valence-corrected chi connectivity index (χ1v) is 7.89. The molecule has 1 atom stereocenters. The Bertz CT molecular complexity index is 671. The fourth-order valence-corrected chi connectivity index (χ4v) is 2.70. The van der Waals surface area contributed by atoms with Crippen molar-refractivity contribution in [1.82, 2.24) is 20.0 Å². The van der Waals surface area contributed by atoms with Gasteiger partial charge in [0.05, 0.1) is 18.0 Å². The first-order chi connectivity index (χ1) is 11.2. The molecule has 1 amide bonds. The fourth-order valence-electron chi connectivity index (χ4n) is 2.58. The van der Waals surface area contributed by atoms with Crippen molar-refractivity contribution in [2.75, 3.05) is 26.7 Å². The number of hydrogen-bond acceptors (Lipinski definition) is 4. The summed E-state index contributed by atoms with van der Waals surface area (Å²) in [6.45, 7) is 2.61. The normalized spacial score (nSPS) is 18.8. The van der Waals surface area contributed by atoms with Crippen molar-refractivity contribution in [2.45, 2.75) is 12.6 Å². The summed E-state index contributed by atoms with van der Waals surface area (Å²) >= 11 is 5.90. The lowest BCUT2D eigenvalue weighted by Crippen LogP contribution is -2.48. The van der Waals surface area contributed by atoms with Crippen molar-refractivity contribution in [1.29, 1.82) is 0 Å². The molecule has 0 radical (unpaired) electrons. The molecule has 23 heavy (non-hydrogen) atoms. The molecule has 6 nitrogen and oxygen atoms in total. The molecule has 0 saturated carbocycles. The SMILES string of the molecule is CNC(=O)C1CN(Cc2ccn(-c3ccc(Cl)cc3)n2)CCO1. The third kappa shape index (κ3) is 3.90. The molecule has 1 saturated heterocycles. The summed E-state index contributed by atoms with van der Waals surface area (Å²) < 4.78 is 7.31. The van der Waals surface area contributed by atoms with Crippen molar-refractivity contribution in [3.8, 4) is 5.69 Å². The summed E-state index contributed by atoms with van der Waals surface area (Å²) in [4.78, 5) is 13.9. The molecule has 1 aromatic carbocycles. The number of amides is 1. The number of likely N-dealkylation sites (N-methyl/N-ethyl adjacent to an activating group) is 1. The second kappa shape index (κ2) is 7.12. The molecule has 0 spiro atoms. The number of hydrogen-bond donors (Lipinski definition) is 1. The molecule has 3 rings (SSSR count).